The van der Waals surface area contributed by atoms with Crippen molar-refractivity contribution in [2.75, 3.05) is 4.90 Å². The molecule has 0 saturated heterocycles. The third-order valence-electron chi connectivity index (χ3n) is 10.4. The van der Waals surface area contributed by atoms with Crippen LogP contribution in [-0.4, -0.2) is 0 Å². The van der Waals surface area contributed by atoms with Crippen LogP contribution in [-0.2, 0) is 0 Å². The lowest BCUT2D eigenvalue weighted by Crippen LogP contribution is -2.10. The standard InChI is InChI=1S/C52H35NS/c1-3-14-36(15-4-1)41-32-42(37-16-5-2-6-17-37)35-45(34-41)53(44-21-11-20-40(33-44)47-24-12-19-38-18-7-8-22-46(38)47)43-30-28-39(29-31-43)48-25-13-26-50-49-23-9-10-27-51(49)54-52(48)50/h1-35H. The van der Waals surface area contributed by atoms with Gasteiger partial charge in [0.25, 0.3) is 0 Å². The molecule has 10 aromatic rings. The maximum atomic E-state index is 2.41. The lowest BCUT2D eigenvalue weighted by Gasteiger charge is -2.27. The van der Waals surface area contributed by atoms with Gasteiger partial charge in [0.2, 0.25) is 0 Å². The van der Waals surface area contributed by atoms with Gasteiger partial charge in [-0.3, -0.25) is 0 Å². The predicted octanol–water partition coefficient (Wildman–Crippen LogP) is 15.3. The summed E-state index contributed by atoms with van der Waals surface area (Å²) in [7, 11) is 0. The Morgan fingerprint density at radius 3 is 1.61 bits per heavy atom. The predicted molar refractivity (Wildman–Crippen MR) is 233 cm³/mol. The number of rotatable bonds is 7. The van der Waals surface area contributed by atoms with Crippen LogP contribution in [0.5, 0.6) is 0 Å². The molecule has 0 N–H and O–H groups in total. The SMILES string of the molecule is c1ccc(-c2cc(-c3ccccc3)cc(N(c3ccc(-c4cccc5c4sc4ccccc45)cc3)c3cccc(-c4cccc5ccccc45)c3)c2)cc1. The minimum Gasteiger partial charge on any atom is -0.310 e. The van der Waals surface area contributed by atoms with E-state index in [-0.39, 0.29) is 0 Å². The van der Waals surface area contributed by atoms with Crippen molar-refractivity contribution in [2.24, 2.45) is 0 Å². The maximum absolute atomic E-state index is 2.41. The van der Waals surface area contributed by atoms with E-state index in [0.29, 0.717) is 0 Å². The van der Waals surface area contributed by atoms with E-state index < -0.39 is 0 Å². The molecule has 0 radical (unpaired) electrons. The summed E-state index contributed by atoms with van der Waals surface area (Å²) < 4.78 is 2.65. The average molecular weight is 706 g/mol. The second-order valence-electron chi connectivity index (χ2n) is 13.7. The van der Waals surface area contributed by atoms with E-state index >= 15 is 0 Å². The highest BCUT2D eigenvalue weighted by Crippen LogP contribution is 2.44. The molecule has 0 saturated carbocycles. The zero-order valence-electron chi connectivity index (χ0n) is 29.6. The van der Waals surface area contributed by atoms with Crippen LogP contribution in [0.1, 0.15) is 0 Å². The van der Waals surface area contributed by atoms with Gasteiger partial charge in [0, 0.05) is 37.2 Å². The fourth-order valence-electron chi connectivity index (χ4n) is 7.84. The Morgan fingerprint density at radius 1 is 0.296 bits per heavy atom. The van der Waals surface area contributed by atoms with Crippen molar-refractivity contribution in [3.63, 3.8) is 0 Å². The summed E-state index contributed by atoms with van der Waals surface area (Å²) in [4.78, 5) is 2.41. The first kappa shape index (κ1) is 32.0. The number of thiophene rings is 1. The highest BCUT2D eigenvalue weighted by Gasteiger charge is 2.18. The zero-order valence-corrected chi connectivity index (χ0v) is 30.4. The van der Waals surface area contributed by atoms with Crippen LogP contribution in [0, 0.1) is 0 Å². The number of benzene rings is 9. The summed E-state index contributed by atoms with van der Waals surface area (Å²) in [5, 5.41) is 5.13. The van der Waals surface area contributed by atoms with Crippen LogP contribution in [0.3, 0.4) is 0 Å². The van der Waals surface area contributed by atoms with E-state index in [4.69, 9.17) is 0 Å². The lowest BCUT2D eigenvalue weighted by atomic mass is 9.96. The van der Waals surface area contributed by atoms with Crippen molar-refractivity contribution in [1.82, 2.24) is 0 Å². The summed E-state index contributed by atoms with van der Waals surface area (Å²) >= 11 is 1.88. The van der Waals surface area contributed by atoms with E-state index in [1.165, 1.54) is 75.5 Å². The van der Waals surface area contributed by atoms with Gasteiger partial charge in [0.1, 0.15) is 0 Å². The first-order valence-corrected chi connectivity index (χ1v) is 19.2. The minimum atomic E-state index is 1.10. The third-order valence-corrected chi connectivity index (χ3v) is 11.7. The van der Waals surface area contributed by atoms with Gasteiger partial charge >= 0.3 is 0 Å². The van der Waals surface area contributed by atoms with E-state index in [9.17, 15) is 0 Å². The maximum Gasteiger partial charge on any atom is 0.0473 e. The Labute approximate surface area is 319 Å². The summed E-state index contributed by atoms with van der Waals surface area (Å²) in [5.74, 6) is 0. The van der Waals surface area contributed by atoms with Gasteiger partial charge in [-0.15, -0.1) is 11.3 Å². The van der Waals surface area contributed by atoms with Gasteiger partial charge in [-0.25, -0.2) is 0 Å². The van der Waals surface area contributed by atoms with Gasteiger partial charge in [-0.1, -0.05) is 164 Å². The number of nitrogens with zero attached hydrogens (tertiary/aromatic N) is 1. The summed E-state index contributed by atoms with van der Waals surface area (Å²) in [6.07, 6.45) is 0. The Hall–Kier alpha value is -6.74. The molecule has 0 aliphatic heterocycles. The molecule has 254 valence electrons. The Bertz CT molecular complexity index is 2860. The summed E-state index contributed by atoms with van der Waals surface area (Å²) in [5.41, 5.74) is 12.9. The molecule has 54 heavy (non-hydrogen) atoms. The number of anilines is 3. The second-order valence-corrected chi connectivity index (χ2v) is 14.8. The van der Waals surface area contributed by atoms with Crippen LogP contribution < -0.4 is 4.90 Å². The van der Waals surface area contributed by atoms with Gasteiger partial charge in [-0.05, 0) is 104 Å². The first-order chi connectivity index (χ1) is 26.8. The van der Waals surface area contributed by atoms with Gasteiger partial charge in [-0.2, -0.15) is 0 Å². The summed E-state index contributed by atoms with van der Waals surface area (Å²) in [6.45, 7) is 0. The van der Waals surface area contributed by atoms with Crippen LogP contribution in [0.15, 0.2) is 212 Å². The monoisotopic (exact) mass is 705 g/mol. The molecule has 0 unspecified atom stereocenters. The van der Waals surface area contributed by atoms with Crippen LogP contribution >= 0.6 is 11.3 Å². The van der Waals surface area contributed by atoms with Crippen molar-refractivity contribution in [2.45, 2.75) is 0 Å². The van der Waals surface area contributed by atoms with Crippen molar-refractivity contribution in [3.05, 3.63) is 212 Å². The smallest absolute Gasteiger partial charge is 0.0473 e. The molecule has 9 aromatic carbocycles. The van der Waals surface area contributed by atoms with Crippen LogP contribution in [0.4, 0.5) is 17.1 Å². The molecule has 0 aliphatic carbocycles. The van der Waals surface area contributed by atoms with E-state index in [1.54, 1.807) is 0 Å². The normalized spacial score (nSPS) is 11.3. The van der Waals surface area contributed by atoms with Crippen molar-refractivity contribution in [1.29, 1.82) is 0 Å². The third kappa shape index (κ3) is 5.84. The molecule has 0 fully saturated rings. The van der Waals surface area contributed by atoms with E-state index in [2.05, 4.69) is 217 Å². The van der Waals surface area contributed by atoms with Crippen molar-refractivity contribution in [3.8, 4) is 44.5 Å². The molecular formula is C52H35NS. The highest BCUT2D eigenvalue weighted by molar-refractivity contribution is 7.26. The molecular weight excluding hydrogens is 671 g/mol. The Kier molecular flexibility index (Phi) is 8.09. The van der Waals surface area contributed by atoms with Gasteiger partial charge in [0.15, 0.2) is 0 Å². The Balaban J connectivity index is 1.16. The topological polar surface area (TPSA) is 3.24 Å². The van der Waals surface area contributed by atoms with Crippen molar-refractivity contribution < 1.29 is 0 Å². The molecule has 0 amide bonds. The number of hydrogen-bond acceptors (Lipinski definition) is 2. The largest absolute Gasteiger partial charge is 0.310 e. The molecule has 1 nitrogen and oxygen atoms in total. The Morgan fingerprint density at radius 2 is 0.852 bits per heavy atom. The molecule has 0 bridgehead atoms. The summed E-state index contributed by atoms with van der Waals surface area (Å²) in [6, 6.07) is 77.2. The molecule has 1 aromatic heterocycles. The average Bonchev–Trinajstić information content (AvgIpc) is 3.64. The minimum absolute atomic E-state index is 1.10. The second kappa shape index (κ2) is 13.7. The van der Waals surface area contributed by atoms with Gasteiger partial charge in [0.05, 0.1) is 0 Å². The molecule has 10 rings (SSSR count). The fourth-order valence-corrected chi connectivity index (χ4v) is 9.07. The molecule has 0 atom stereocenters. The first-order valence-electron chi connectivity index (χ1n) is 18.4. The van der Waals surface area contributed by atoms with E-state index in [0.717, 1.165) is 17.1 Å². The van der Waals surface area contributed by atoms with Crippen LogP contribution in [0.2, 0.25) is 0 Å². The number of fused-ring (bicyclic) bond motifs is 4. The van der Waals surface area contributed by atoms with Crippen molar-refractivity contribution >= 4 is 59.3 Å². The highest BCUT2D eigenvalue weighted by atomic mass is 32.1. The fraction of sp³-hybridized carbons (Fsp3) is 0. The lowest BCUT2D eigenvalue weighted by molar-refractivity contribution is 1.28. The van der Waals surface area contributed by atoms with E-state index in [1.807, 2.05) is 11.3 Å². The van der Waals surface area contributed by atoms with Crippen LogP contribution in [0.25, 0.3) is 75.5 Å². The zero-order chi connectivity index (χ0) is 35.8. The number of hydrogen-bond donors (Lipinski definition) is 0. The molecule has 0 spiro atoms. The molecule has 1 heterocycles. The quantitative estimate of drug-likeness (QED) is 0.160. The van der Waals surface area contributed by atoms with Gasteiger partial charge < -0.3 is 4.90 Å². The molecule has 0 aliphatic rings. The molecule has 2 heteroatoms.